The monoisotopic (exact) mass is 339 g/mol. The van der Waals surface area contributed by atoms with Gasteiger partial charge >= 0.3 is 0 Å². The lowest BCUT2D eigenvalue weighted by Crippen LogP contribution is -2.49. The second-order valence-corrected chi connectivity index (χ2v) is 6.41. The molecule has 1 amide bonds. The van der Waals surface area contributed by atoms with Gasteiger partial charge in [-0.05, 0) is 37.1 Å². The Morgan fingerprint density at radius 1 is 1.12 bits per heavy atom. The van der Waals surface area contributed by atoms with Gasteiger partial charge < -0.3 is 15.1 Å². The van der Waals surface area contributed by atoms with Crippen LogP contribution in [-0.2, 0) is 4.79 Å². The van der Waals surface area contributed by atoms with Crippen molar-refractivity contribution in [3.8, 4) is 0 Å². The molecule has 0 radical (unpaired) electrons. The van der Waals surface area contributed by atoms with Crippen LogP contribution in [0.4, 0.5) is 11.6 Å². The molecular formula is C19H25N5O. The third-order valence-electron chi connectivity index (χ3n) is 4.51. The van der Waals surface area contributed by atoms with E-state index in [1.54, 1.807) is 12.4 Å². The van der Waals surface area contributed by atoms with Gasteiger partial charge in [0.1, 0.15) is 0 Å². The van der Waals surface area contributed by atoms with E-state index in [2.05, 4.69) is 52.2 Å². The van der Waals surface area contributed by atoms with Crippen LogP contribution < -0.4 is 10.2 Å². The van der Waals surface area contributed by atoms with Gasteiger partial charge in [-0.15, -0.1) is 0 Å². The van der Waals surface area contributed by atoms with Gasteiger partial charge in [-0.25, -0.2) is 9.97 Å². The topological polar surface area (TPSA) is 61.4 Å². The van der Waals surface area contributed by atoms with E-state index in [1.807, 2.05) is 11.0 Å². The first-order valence-electron chi connectivity index (χ1n) is 8.74. The molecule has 0 spiro atoms. The summed E-state index contributed by atoms with van der Waals surface area (Å²) in [5, 5.41) is 3.38. The molecule has 0 bridgehead atoms. The van der Waals surface area contributed by atoms with Gasteiger partial charge in [0.05, 0.1) is 0 Å². The third kappa shape index (κ3) is 4.47. The second-order valence-electron chi connectivity index (χ2n) is 6.41. The van der Waals surface area contributed by atoms with Crippen molar-refractivity contribution in [1.29, 1.82) is 0 Å². The highest BCUT2D eigenvalue weighted by Gasteiger charge is 2.21. The first-order valence-corrected chi connectivity index (χ1v) is 8.74. The van der Waals surface area contributed by atoms with E-state index >= 15 is 0 Å². The van der Waals surface area contributed by atoms with E-state index in [9.17, 15) is 4.79 Å². The van der Waals surface area contributed by atoms with Crippen molar-refractivity contribution >= 4 is 17.5 Å². The van der Waals surface area contributed by atoms with Gasteiger partial charge in [-0.3, -0.25) is 4.79 Å². The fourth-order valence-corrected chi connectivity index (χ4v) is 3.00. The molecule has 0 unspecified atom stereocenters. The summed E-state index contributed by atoms with van der Waals surface area (Å²) in [5.41, 5.74) is 3.53. The Hall–Kier alpha value is -2.63. The number of piperazine rings is 1. The van der Waals surface area contributed by atoms with Crippen molar-refractivity contribution < 1.29 is 4.79 Å². The summed E-state index contributed by atoms with van der Waals surface area (Å²) in [5.74, 6) is 0.942. The normalized spacial score (nSPS) is 14.5. The number of rotatable bonds is 5. The Balaban J connectivity index is 1.44. The lowest BCUT2D eigenvalue weighted by Gasteiger charge is -2.34. The van der Waals surface area contributed by atoms with Crippen molar-refractivity contribution in [2.24, 2.45) is 0 Å². The molecule has 1 aromatic heterocycles. The predicted octanol–water partition coefficient (Wildman–Crippen LogP) is 2.24. The molecule has 1 fully saturated rings. The van der Waals surface area contributed by atoms with E-state index < -0.39 is 0 Å². The highest BCUT2D eigenvalue weighted by molar-refractivity contribution is 5.77. The summed E-state index contributed by atoms with van der Waals surface area (Å²) in [7, 11) is 0. The molecule has 0 saturated carbocycles. The number of carbonyl (C=O) groups excluding carboxylic acids is 1. The van der Waals surface area contributed by atoms with Crippen LogP contribution in [0.15, 0.2) is 36.7 Å². The van der Waals surface area contributed by atoms with Crippen molar-refractivity contribution in [2.45, 2.75) is 20.3 Å². The Labute approximate surface area is 148 Å². The van der Waals surface area contributed by atoms with E-state index in [1.165, 1.54) is 11.1 Å². The molecule has 0 atom stereocenters. The van der Waals surface area contributed by atoms with Gasteiger partial charge in [0, 0.05) is 57.2 Å². The maximum absolute atomic E-state index is 12.4. The Morgan fingerprint density at radius 2 is 1.84 bits per heavy atom. The van der Waals surface area contributed by atoms with Crippen LogP contribution in [0, 0.1) is 13.8 Å². The minimum absolute atomic E-state index is 0.200. The average molecular weight is 339 g/mol. The van der Waals surface area contributed by atoms with Gasteiger partial charge in [-0.2, -0.15) is 0 Å². The molecule has 6 heteroatoms. The molecular weight excluding hydrogens is 314 g/mol. The van der Waals surface area contributed by atoms with Crippen LogP contribution in [0.3, 0.4) is 0 Å². The van der Waals surface area contributed by atoms with Crippen LogP contribution in [-0.4, -0.2) is 53.5 Å². The number of amides is 1. The highest BCUT2D eigenvalue weighted by Crippen LogP contribution is 2.16. The minimum Gasteiger partial charge on any atom is -0.384 e. The highest BCUT2D eigenvalue weighted by atomic mass is 16.2. The molecule has 25 heavy (non-hydrogen) atoms. The van der Waals surface area contributed by atoms with E-state index in [-0.39, 0.29) is 5.91 Å². The molecule has 1 aliphatic rings. The number of hydrogen-bond donors (Lipinski definition) is 1. The summed E-state index contributed by atoms with van der Waals surface area (Å²) < 4.78 is 0. The molecule has 2 heterocycles. The minimum atomic E-state index is 0.200. The van der Waals surface area contributed by atoms with Crippen LogP contribution in [0.25, 0.3) is 0 Å². The summed E-state index contributed by atoms with van der Waals surface area (Å²) in [4.78, 5) is 25.0. The molecule has 1 N–H and O–H groups in total. The van der Waals surface area contributed by atoms with Crippen LogP contribution in [0.1, 0.15) is 17.5 Å². The molecule has 0 aliphatic carbocycles. The number of nitrogens with one attached hydrogen (secondary N) is 1. The summed E-state index contributed by atoms with van der Waals surface area (Å²) in [6.45, 7) is 7.81. The molecule has 6 nitrogen and oxygen atoms in total. The largest absolute Gasteiger partial charge is 0.384 e. The van der Waals surface area contributed by atoms with Crippen molar-refractivity contribution in [1.82, 2.24) is 14.9 Å². The zero-order valence-corrected chi connectivity index (χ0v) is 14.9. The zero-order chi connectivity index (χ0) is 17.6. The zero-order valence-electron chi connectivity index (χ0n) is 14.9. The molecule has 3 rings (SSSR count). The van der Waals surface area contributed by atoms with Crippen molar-refractivity contribution in [3.05, 3.63) is 47.8 Å². The molecule has 132 valence electrons. The number of anilines is 2. The predicted molar refractivity (Wildman–Crippen MR) is 99.8 cm³/mol. The summed E-state index contributed by atoms with van der Waals surface area (Å²) >= 11 is 0. The standard InChI is InChI=1S/C19H25N5O/c1-15-4-5-16(2)17(14-15)20-9-6-18(25)23-10-12-24(13-11-23)19-21-7-3-8-22-19/h3-5,7-8,14,20H,6,9-13H2,1-2H3. The first kappa shape index (κ1) is 17.2. The third-order valence-corrected chi connectivity index (χ3v) is 4.51. The number of aromatic nitrogens is 2. The lowest BCUT2D eigenvalue weighted by molar-refractivity contribution is -0.131. The van der Waals surface area contributed by atoms with E-state index in [0.29, 0.717) is 13.0 Å². The van der Waals surface area contributed by atoms with Crippen LogP contribution in [0.2, 0.25) is 0 Å². The summed E-state index contributed by atoms with van der Waals surface area (Å²) in [6, 6.07) is 8.14. The fourth-order valence-electron chi connectivity index (χ4n) is 3.00. The molecule has 1 aliphatic heterocycles. The number of benzene rings is 1. The number of carbonyl (C=O) groups is 1. The quantitative estimate of drug-likeness (QED) is 0.905. The number of nitrogens with zero attached hydrogens (tertiary/aromatic N) is 4. The molecule has 1 aromatic carbocycles. The number of hydrogen-bond acceptors (Lipinski definition) is 5. The summed E-state index contributed by atoms with van der Waals surface area (Å²) in [6.07, 6.45) is 4.01. The average Bonchev–Trinajstić information content (AvgIpc) is 2.65. The van der Waals surface area contributed by atoms with Crippen molar-refractivity contribution in [2.75, 3.05) is 42.9 Å². The van der Waals surface area contributed by atoms with Gasteiger partial charge in [0.15, 0.2) is 0 Å². The first-order chi connectivity index (χ1) is 12.1. The van der Waals surface area contributed by atoms with Crippen LogP contribution in [0.5, 0.6) is 0 Å². The Bertz CT molecular complexity index is 711. The van der Waals surface area contributed by atoms with Gasteiger partial charge in [0.2, 0.25) is 11.9 Å². The second kappa shape index (κ2) is 7.96. The van der Waals surface area contributed by atoms with Crippen LogP contribution >= 0.6 is 0 Å². The Morgan fingerprint density at radius 3 is 2.56 bits per heavy atom. The van der Waals surface area contributed by atoms with E-state index in [0.717, 1.165) is 37.8 Å². The van der Waals surface area contributed by atoms with E-state index in [4.69, 9.17) is 0 Å². The Kier molecular flexibility index (Phi) is 5.48. The maximum atomic E-state index is 12.4. The molecule has 2 aromatic rings. The molecule has 1 saturated heterocycles. The number of aryl methyl sites for hydroxylation is 2. The lowest BCUT2D eigenvalue weighted by atomic mass is 10.1. The van der Waals surface area contributed by atoms with Gasteiger partial charge in [-0.1, -0.05) is 12.1 Å². The maximum Gasteiger partial charge on any atom is 0.225 e. The fraction of sp³-hybridized carbons (Fsp3) is 0.421. The SMILES string of the molecule is Cc1ccc(C)c(NCCC(=O)N2CCN(c3ncccn3)CC2)c1. The smallest absolute Gasteiger partial charge is 0.225 e. The van der Waals surface area contributed by atoms with Crippen molar-refractivity contribution in [3.63, 3.8) is 0 Å². The van der Waals surface area contributed by atoms with Gasteiger partial charge in [0.25, 0.3) is 0 Å².